The third-order valence-electron chi connectivity index (χ3n) is 10.4. The van der Waals surface area contributed by atoms with Crippen molar-refractivity contribution < 1.29 is 0 Å². The smallest absolute Gasteiger partial charge is 0 e. The molecule has 0 unspecified atom stereocenters. The van der Waals surface area contributed by atoms with Crippen molar-refractivity contribution in [3.05, 3.63) is 190 Å². The minimum atomic E-state index is 1.08. The first-order valence-electron chi connectivity index (χ1n) is 17.1. The molecule has 0 atom stereocenters. The summed E-state index contributed by atoms with van der Waals surface area (Å²) in [6, 6.07) is 53.2. The highest BCUT2D eigenvalue weighted by atomic mass is 128. The van der Waals surface area contributed by atoms with Crippen molar-refractivity contribution in [2.24, 2.45) is 0 Å². The van der Waals surface area contributed by atoms with Crippen LogP contribution in [-0.2, 0) is 12.8 Å². The lowest BCUT2D eigenvalue weighted by atomic mass is 9.94. The Labute approximate surface area is 317 Å². The van der Waals surface area contributed by atoms with Gasteiger partial charge in [-0.15, -0.1) is 0 Å². The van der Waals surface area contributed by atoms with Crippen molar-refractivity contribution in [3.8, 4) is 0 Å². The molecule has 0 bridgehead atoms. The van der Waals surface area contributed by atoms with Gasteiger partial charge in [-0.1, -0.05) is 133 Å². The van der Waals surface area contributed by atoms with E-state index in [-0.39, 0.29) is 0 Å². The Morgan fingerprint density at radius 3 is 1.00 bits per heavy atom. The van der Waals surface area contributed by atoms with Crippen LogP contribution >= 0.6 is 37.2 Å². The molecule has 0 radical (unpaired) electrons. The Kier molecular flexibility index (Phi) is 9.32. The van der Waals surface area contributed by atoms with Gasteiger partial charge in [0.1, 0.15) is 0 Å². The van der Waals surface area contributed by atoms with Crippen LogP contribution < -0.4 is 0 Å². The molecule has 2 aliphatic rings. The molecule has 0 nitrogen and oxygen atoms in total. The number of rotatable bonds is 2. The summed E-state index contributed by atoms with van der Waals surface area (Å²) in [4.78, 5) is 0. The van der Waals surface area contributed by atoms with Crippen LogP contribution in [0.1, 0.15) is 44.5 Å². The molecule has 0 amide bonds. The van der Waals surface area contributed by atoms with Crippen LogP contribution in [0.15, 0.2) is 146 Å². The van der Waals surface area contributed by atoms with E-state index in [9.17, 15) is 0 Å². The zero-order valence-electron chi connectivity index (χ0n) is 28.2. The number of halogens is 2. The largest absolute Gasteiger partial charge is 0.0616 e. The summed E-state index contributed by atoms with van der Waals surface area (Å²) in [5, 5.41) is 10.6. The van der Waals surface area contributed by atoms with Gasteiger partial charge in [-0.25, -0.2) is 0 Å². The lowest BCUT2D eigenvalue weighted by molar-refractivity contribution is 1.27. The quantitative estimate of drug-likeness (QED) is 0.120. The van der Waals surface area contributed by atoms with Crippen molar-refractivity contribution in [1.82, 2.24) is 0 Å². The molecule has 2 heteroatoms. The molecule has 2 aliphatic carbocycles. The summed E-state index contributed by atoms with van der Waals surface area (Å²) in [7, 11) is 0. The van der Waals surface area contributed by atoms with Gasteiger partial charge in [-0.05, 0) is 150 Å². The number of fused-ring (bicyclic) bond motifs is 8. The van der Waals surface area contributed by atoms with Crippen molar-refractivity contribution in [2.75, 3.05) is 0 Å². The maximum absolute atomic E-state index is 2.40. The standard InChI is InChI=1S/C24H16.C24H20.I2/c1-3-7-17-11-21-19(9-15(17)5-1)13-23-22-12-18-8-4-2-6-16(18)10-20(22)14-24(21)23;1-17-13-21-7-3-5-9-23(21)15-19(17)11-12-20-16-24-10-6-4-8-22(24)14-18(20)2;1-2/h1-12H,13-14H2;3-16H,1-2H3;/b;12-11+;. The van der Waals surface area contributed by atoms with Crippen LogP contribution in [0.5, 0.6) is 0 Å². The SMILES string of the molecule is Cc1cc2ccccc2cc1/C=C/c1cc2ccccc2cc1C.II.c1ccc2cc3c(cc2c1)CC1=C3Cc2cc3ccccc3cc21. The van der Waals surface area contributed by atoms with Crippen LogP contribution in [-0.4, -0.2) is 0 Å². The summed E-state index contributed by atoms with van der Waals surface area (Å²) in [5.74, 6) is 0. The Hall–Kier alpha value is -4.26. The van der Waals surface area contributed by atoms with Crippen molar-refractivity contribution in [3.63, 3.8) is 0 Å². The molecule has 0 N–H and O–H groups in total. The fourth-order valence-electron chi connectivity index (χ4n) is 7.82. The summed E-state index contributed by atoms with van der Waals surface area (Å²) >= 11 is 4.24. The Morgan fingerprint density at radius 1 is 0.380 bits per heavy atom. The molecule has 8 aromatic rings. The van der Waals surface area contributed by atoms with E-state index in [0.717, 1.165) is 12.8 Å². The Bertz CT molecular complexity index is 2460. The molecule has 0 aliphatic heterocycles. The fraction of sp³-hybridized carbons (Fsp3) is 0.0833. The van der Waals surface area contributed by atoms with Crippen LogP contribution in [0.25, 0.3) is 66.4 Å². The fourth-order valence-corrected chi connectivity index (χ4v) is 7.82. The minimum Gasteiger partial charge on any atom is -0.0616 e. The Balaban J connectivity index is 0.000000138. The maximum Gasteiger partial charge on any atom is 0 e. The summed E-state index contributed by atoms with van der Waals surface area (Å²) < 4.78 is 0. The number of hydrogen-bond acceptors (Lipinski definition) is 0. The third-order valence-corrected chi connectivity index (χ3v) is 10.4. The molecular formula is C48H36I2. The molecule has 0 saturated carbocycles. The van der Waals surface area contributed by atoms with Crippen LogP contribution in [0, 0.1) is 13.8 Å². The van der Waals surface area contributed by atoms with Crippen molar-refractivity contribution in [2.45, 2.75) is 26.7 Å². The maximum atomic E-state index is 2.40. The highest BCUT2D eigenvalue weighted by Gasteiger charge is 2.30. The van der Waals surface area contributed by atoms with Crippen molar-refractivity contribution >= 4 is 104 Å². The molecule has 0 spiro atoms. The molecule has 0 fully saturated rings. The van der Waals surface area contributed by atoms with Crippen molar-refractivity contribution in [1.29, 1.82) is 0 Å². The molecule has 8 aromatic carbocycles. The number of benzene rings is 8. The van der Waals surface area contributed by atoms with Gasteiger partial charge in [0.25, 0.3) is 0 Å². The molecule has 242 valence electrons. The normalized spacial score (nSPS) is 12.9. The van der Waals surface area contributed by atoms with E-state index < -0.39 is 0 Å². The second-order valence-corrected chi connectivity index (χ2v) is 13.5. The summed E-state index contributed by atoms with van der Waals surface area (Å²) in [6.07, 6.45) is 6.64. The number of hydrogen-bond donors (Lipinski definition) is 0. The minimum absolute atomic E-state index is 1.08. The van der Waals surface area contributed by atoms with Gasteiger partial charge in [0, 0.05) is 37.2 Å². The summed E-state index contributed by atoms with van der Waals surface area (Å²) in [6.45, 7) is 4.36. The van der Waals surface area contributed by atoms with E-state index in [1.165, 1.54) is 87.6 Å². The lowest BCUT2D eigenvalue weighted by Gasteiger charge is -2.10. The number of allylic oxidation sites excluding steroid dienone is 2. The zero-order valence-corrected chi connectivity index (χ0v) is 32.5. The third kappa shape index (κ3) is 6.29. The first kappa shape index (κ1) is 32.9. The highest BCUT2D eigenvalue weighted by Crippen LogP contribution is 2.48. The van der Waals surface area contributed by atoms with E-state index >= 15 is 0 Å². The van der Waals surface area contributed by atoms with E-state index in [4.69, 9.17) is 0 Å². The average Bonchev–Trinajstić information content (AvgIpc) is 3.68. The van der Waals surface area contributed by atoms with Gasteiger partial charge < -0.3 is 0 Å². The monoisotopic (exact) mass is 866 g/mol. The second-order valence-electron chi connectivity index (χ2n) is 13.5. The average molecular weight is 867 g/mol. The van der Waals surface area contributed by atoms with E-state index in [1.54, 1.807) is 11.1 Å². The van der Waals surface area contributed by atoms with Crippen LogP contribution in [0.4, 0.5) is 0 Å². The topological polar surface area (TPSA) is 0 Å². The molecular weight excluding hydrogens is 830 g/mol. The van der Waals surface area contributed by atoms with Gasteiger partial charge in [0.05, 0.1) is 0 Å². The molecule has 0 saturated heterocycles. The molecule has 0 heterocycles. The first-order valence-corrected chi connectivity index (χ1v) is 23.4. The van der Waals surface area contributed by atoms with Gasteiger partial charge in [-0.3, -0.25) is 0 Å². The second kappa shape index (κ2) is 14.2. The summed E-state index contributed by atoms with van der Waals surface area (Å²) in [5.41, 5.74) is 14.2. The molecule has 10 rings (SSSR count). The zero-order chi connectivity index (χ0) is 34.2. The predicted octanol–water partition coefficient (Wildman–Crippen LogP) is 14.6. The van der Waals surface area contributed by atoms with E-state index in [1.807, 2.05) is 0 Å². The van der Waals surface area contributed by atoms with Crippen LogP contribution in [0.3, 0.4) is 0 Å². The predicted molar refractivity (Wildman–Crippen MR) is 236 cm³/mol. The van der Waals surface area contributed by atoms with Gasteiger partial charge in [-0.2, -0.15) is 0 Å². The molecule has 0 aromatic heterocycles. The molecule has 50 heavy (non-hydrogen) atoms. The first-order chi connectivity index (χ1) is 24.6. The van der Waals surface area contributed by atoms with Crippen LogP contribution in [0.2, 0.25) is 0 Å². The van der Waals surface area contributed by atoms with Gasteiger partial charge in [0.2, 0.25) is 0 Å². The van der Waals surface area contributed by atoms with Gasteiger partial charge >= 0.3 is 0 Å². The van der Waals surface area contributed by atoms with Gasteiger partial charge in [0.15, 0.2) is 0 Å². The number of aryl methyl sites for hydroxylation is 2. The van der Waals surface area contributed by atoms with E-state index in [2.05, 4.69) is 209 Å². The lowest BCUT2D eigenvalue weighted by Crippen LogP contribution is -1.92. The Morgan fingerprint density at radius 2 is 0.660 bits per heavy atom. The highest BCUT2D eigenvalue weighted by molar-refractivity contribution is 15.0. The van der Waals surface area contributed by atoms with E-state index in [0.29, 0.717) is 0 Å².